The number of fused-ring (bicyclic) bond motifs is 21. The van der Waals surface area contributed by atoms with E-state index in [4.69, 9.17) is 38.7 Å². The Labute approximate surface area is 695 Å². The Bertz CT molecular complexity index is 8280. The summed E-state index contributed by atoms with van der Waals surface area (Å²) >= 11 is 1.84. The molecular formula is C108H66N10O2S. The lowest BCUT2D eigenvalue weighted by Crippen LogP contribution is -2.01. The van der Waals surface area contributed by atoms with Crippen molar-refractivity contribution in [3.05, 3.63) is 401 Å². The number of benzene rings is 16. The van der Waals surface area contributed by atoms with E-state index in [1.165, 1.54) is 52.7 Å². The predicted octanol–water partition coefficient (Wildman–Crippen LogP) is 28.3. The van der Waals surface area contributed by atoms with Gasteiger partial charge in [-0.1, -0.05) is 273 Å². The van der Waals surface area contributed by atoms with E-state index in [0.29, 0.717) is 17.8 Å². The zero-order valence-electron chi connectivity index (χ0n) is 64.8. The molecule has 0 unspecified atom stereocenters. The fraction of sp³-hybridized carbons (Fsp3) is 0. The largest absolute Gasteiger partial charge is 0.456 e. The molecule has 0 saturated carbocycles. The van der Waals surface area contributed by atoms with E-state index in [-0.39, 0.29) is 0 Å². The summed E-state index contributed by atoms with van der Waals surface area (Å²) in [5.74, 6) is 1.97. The van der Waals surface area contributed by atoms with Crippen LogP contribution in [0.2, 0.25) is 0 Å². The van der Waals surface area contributed by atoms with Crippen LogP contribution in [0.5, 0.6) is 0 Å². The summed E-state index contributed by atoms with van der Waals surface area (Å²) in [5, 5.41) is 16.6. The molecule has 12 nitrogen and oxygen atoms in total. The van der Waals surface area contributed by atoms with Crippen molar-refractivity contribution in [2.24, 2.45) is 0 Å². The average molecular weight is 1570 g/mol. The van der Waals surface area contributed by atoms with Crippen LogP contribution >= 0.6 is 11.3 Å². The van der Waals surface area contributed by atoms with Crippen molar-refractivity contribution in [3.63, 3.8) is 0 Å². The van der Waals surface area contributed by atoms with Gasteiger partial charge in [0.15, 0.2) is 0 Å². The minimum atomic E-state index is 0.631. The van der Waals surface area contributed by atoms with Crippen LogP contribution in [0, 0.1) is 0 Å². The summed E-state index contributed by atoms with van der Waals surface area (Å²) in [7, 11) is 0. The highest BCUT2D eigenvalue weighted by molar-refractivity contribution is 7.25. The van der Waals surface area contributed by atoms with Crippen molar-refractivity contribution in [3.8, 4) is 79.2 Å². The first kappa shape index (κ1) is 69.1. The molecule has 0 bridgehead atoms. The van der Waals surface area contributed by atoms with E-state index in [1.807, 2.05) is 133 Å². The molecule has 0 radical (unpaired) electrons. The van der Waals surface area contributed by atoms with Crippen LogP contribution < -0.4 is 0 Å². The van der Waals surface area contributed by atoms with Gasteiger partial charge in [-0.2, -0.15) is 0 Å². The first-order valence-corrected chi connectivity index (χ1v) is 41.2. The Kier molecular flexibility index (Phi) is 16.2. The topological polar surface area (TPSA) is 123 Å². The number of furan rings is 2. The van der Waals surface area contributed by atoms with E-state index >= 15 is 0 Å². The SMILES string of the molecule is c1ccc(-c2cnc(-n3c4cc(-c5ccccc5)ccc4c4cc5c6ccccc6n(-c6ccc(-c7cccc8c7oc7ccccc78)cc6)c5cc43)nc2)cc1.c1ccc(-c2cnc(-n3c4ccccc4c4cc5c(cc43)oc3ccccc35)nc2)cc1.c1ccc(-c2cnc(-n3c4ccccc4c4cc5c(cc43)sc3ccccc35)nc2)cc1. The van der Waals surface area contributed by atoms with Crippen LogP contribution in [-0.4, -0.2) is 48.2 Å². The Morgan fingerprint density at radius 1 is 0.190 bits per heavy atom. The van der Waals surface area contributed by atoms with E-state index in [2.05, 4.69) is 297 Å². The highest BCUT2D eigenvalue weighted by Gasteiger charge is 2.24. The molecule has 10 heterocycles. The molecule has 121 heavy (non-hydrogen) atoms. The van der Waals surface area contributed by atoms with E-state index in [1.54, 1.807) is 0 Å². The molecule has 0 N–H and O–H groups in total. The van der Waals surface area contributed by atoms with Gasteiger partial charge in [0.1, 0.15) is 22.3 Å². The molecule has 0 fully saturated rings. The number of nitrogens with zero attached hydrogens (tertiary/aromatic N) is 10. The molecule has 0 aliphatic rings. The second-order valence-electron chi connectivity index (χ2n) is 30.5. The van der Waals surface area contributed by atoms with E-state index in [9.17, 15) is 0 Å². The van der Waals surface area contributed by atoms with Crippen molar-refractivity contribution in [2.75, 3.05) is 0 Å². The number of hydrogen-bond acceptors (Lipinski definition) is 9. The van der Waals surface area contributed by atoms with Crippen LogP contribution in [0.3, 0.4) is 0 Å². The first-order chi connectivity index (χ1) is 60.0. The van der Waals surface area contributed by atoms with Crippen LogP contribution in [0.1, 0.15) is 0 Å². The van der Waals surface area contributed by atoms with Crippen molar-refractivity contribution in [2.45, 2.75) is 0 Å². The van der Waals surface area contributed by atoms with Crippen LogP contribution in [-0.2, 0) is 0 Å². The maximum absolute atomic E-state index is 6.41. The van der Waals surface area contributed by atoms with Crippen molar-refractivity contribution in [1.29, 1.82) is 0 Å². The molecule has 0 amide bonds. The standard InChI is InChI=1S/C52H32N4O.C28H17N3O.C28H17N3S/c1-3-12-33(13-4-1)36-24-27-41-45-29-44-40-16-7-9-20-46(40)55(38-25-22-35(23-26-38)39-18-11-19-43-42-17-8-10-21-50(42)57-51(39)43)48(44)30-49(45)56(47(41)28-36)52-53-31-37(32-54-52)34-14-5-2-6-15-34;2*1-2-8-18(9-3-1)19-16-29-28(30-17-19)31-24-12-6-4-10-20(24)22-14-23-21-11-5-7-13-26(21)32-27(23)15-25(22)31/h1-32H;2*1-17H. The van der Waals surface area contributed by atoms with Crippen molar-refractivity contribution < 1.29 is 8.83 Å². The van der Waals surface area contributed by atoms with Crippen molar-refractivity contribution >= 4 is 163 Å². The van der Waals surface area contributed by atoms with E-state index < -0.39 is 0 Å². The summed E-state index contributed by atoms with van der Waals surface area (Å²) in [4.78, 5) is 29.1. The van der Waals surface area contributed by atoms with Crippen molar-refractivity contribution in [1.82, 2.24) is 48.2 Å². The molecular weight excluding hydrogens is 1500 g/mol. The fourth-order valence-electron chi connectivity index (χ4n) is 18.0. The smallest absolute Gasteiger partial charge is 0.234 e. The lowest BCUT2D eigenvalue weighted by Gasteiger charge is -2.11. The van der Waals surface area contributed by atoms with Crippen LogP contribution in [0.15, 0.2) is 410 Å². The molecule has 0 aliphatic heterocycles. The van der Waals surface area contributed by atoms with Gasteiger partial charge in [0.2, 0.25) is 17.8 Å². The van der Waals surface area contributed by atoms with Gasteiger partial charge in [-0.15, -0.1) is 11.3 Å². The maximum atomic E-state index is 6.41. The van der Waals surface area contributed by atoms with Gasteiger partial charge in [0, 0.05) is 156 Å². The molecule has 10 aromatic heterocycles. The molecule has 0 aliphatic carbocycles. The number of thiophene rings is 1. The third-order valence-corrected chi connectivity index (χ3v) is 24.8. The van der Waals surface area contributed by atoms with Gasteiger partial charge in [-0.25, -0.2) is 29.9 Å². The summed E-state index contributed by atoms with van der Waals surface area (Å²) in [6.45, 7) is 0. The van der Waals surface area contributed by atoms with Gasteiger partial charge in [-0.05, 0) is 118 Å². The molecule has 13 heteroatoms. The Hall–Kier alpha value is -16.2. The highest BCUT2D eigenvalue weighted by atomic mass is 32.1. The molecule has 566 valence electrons. The van der Waals surface area contributed by atoms with Gasteiger partial charge in [0.25, 0.3) is 0 Å². The monoisotopic (exact) mass is 1570 g/mol. The normalized spacial score (nSPS) is 11.8. The molecule has 0 atom stereocenters. The van der Waals surface area contributed by atoms with Gasteiger partial charge < -0.3 is 13.4 Å². The molecule has 26 aromatic rings. The quantitative estimate of drug-likeness (QED) is 0.140. The maximum Gasteiger partial charge on any atom is 0.234 e. The van der Waals surface area contributed by atoms with Crippen LogP contribution in [0.4, 0.5) is 0 Å². The predicted molar refractivity (Wildman–Crippen MR) is 498 cm³/mol. The highest BCUT2D eigenvalue weighted by Crippen LogP contribution is 2.45. The number of rotatable bonds is 9. The molecule has 16 aromatic carbocycles. The van der Waals surface area contributed by atoms with Gasteiger partial charge in [0.05, 0.1) is 44.1 Å². The Balaban J connectivity index is 0.000000110. The second-order valence-corrected chi connectivity index (χ2v) is 31.6. The molecule has 0 spiro atoms. The number of para-hydroxylation sites is 6. The molecule has 0 saturated heterocycles. The number of aromatic nitrogens is 10. The summed E-state index contributed by atoms with van der Waals surface area (Å²) in [6, 6.07) is 128. The minimum absolute atomic E-state index is 0.631. The third-order valence-electron chi connectivity index (χ3n) is 23.7. The average Bonchev–Trinajstić information content (AvgIpc) is 1.57. The molecule has 26 rings (SSSR count). The third kappa shape index (κ3) is 11.6. The van der Waals surface area contributed by atoms with E-state index in [0.717, 1.165) is 160 Å². The zero-order chi connectivity index (χ0) is 79.6. The summed E-state index contributed by atoms with van der Waals surface area (Å²) in [6.07, 6.45) is 11.5. The van der Waals surface area contributed by atoms with Gasteiger partial charge >= 0.3 is 0 Å². The Morgan fingerprint density at radius 2 is 0.562 bits per heavy atom. The second kappa shape index (κ2) is 28.3. The minimum Gasteiger partial charge on any atom is -0.456 e. The number of hydrogen-bond donors (Lipinski definition) is 0. The first-order valence-electron chi connectivity index (χ1n) is 40.4. The fourth-order valence-corrected chi connectivity index (χ4v) is 19.1. The lowest BCUT2D eigenvalue weighted by molar-refractivity contribution is 0.669. The Morgan fingerprint density at radius 3 is 1.10 bits per heavy atom. The zero-order valence-corrected chi connectivity index (χ0v) is 65.6. The lowest BCUT2D eigenvalue weighted by atomic mass is 10.0. The van der Waals surface area contributed by atoms with Crippen LogP contribution in [0.25, 0.3) is 230 Å². The summed E-state index contributed by atoms with van der Waals surface area (Å²) < 4.78 is 24.1. The summed E-state index contributed by atoms with van der Waals surface area (Å²) in [5.41, 5.74) is 24.2. The van der Waals surface area contributed by atoms with Gasteiger partial charge in [-0.3, -0.25) is 13.7 Å².